The fourth-order valence-corrected chi connectivity index (χ4v) is 3.09. The van der Waals surface area contributed by atoms with E-state index in [9.17, 15) is 14.0 Å². The van der Waals surface area contributed by atoms with E-state index in [0.717, 1.165) is 17.8 Å². The third-order valence-corrected chi connectivity index (χ3v) is 4.70. The summed E-state index contributed by atoms with van der Waals surface area (Å²) in [7, 11) is 1.58. The van der Waals surface area contributed by atoms with Gasteiger partial charge >= 0.3 is 5.69 Å². The third kappa shape index (κ3) is 5.32. The van der Waals surface area contributed by atoms with Gasteiger partial charge in [-0.15, -0.1) is 5.10 Å². The van der Waals surface area contributed by atoms with Gasteiger partial charge in [0.15, 0.2) is 5.16 Å². The van der Waals surface area contributed by atoms with E-state index in [1.54, 1.807) is 14.0 Å². The van der Waals surface area contributed by atoms with Crippen LogP contribution in [0.1, 0.15) is 13.3 Å². The second-order valence-electron chi connectivity index (χ2n) is 5.18. The molecule has 2 rings (SSSR count). The minimum absolute atomic E-state index is 0.113. The number of hydrogen-bond donors (Lipinski definition) is 2. The molecule has 0 radical (unpaired) electrons. The number of nitrogens with zero attached hydrogens (tertiary/aromatic N) is 2. The number of methoxy groups -OCH3 is 1. The first-order valence-electron chi connectivity index (χ1n) is 7.49. The average molecular weight is 389 g/mol. The first-order valence-corrected chi connectivity index (χ1v) is 8.75. The molecule has 0 aliphatic carbocycles. The topological polar surface area (TPSA) is 89.0 Å². The number of thioether (sulfide) groups is 1. The normalized spacial score (nSPS) is 12.2. The number of hydrogen-bond acceptors (Lipinski definition) is 5. The van der Waals surface area contributed by atoms with Crippen molar-refractivity contribution in [2.45, 2.75) is 30.3 Å². The van der Waals surface area contributed by atoms with Crippen LogP contribution < -0.4 is 11.0 Å². The Balaban J connectivity index is 2.02. The van der Waals surface area contributed by atoms with Gasteiger partial charge in [-0.3, -0.25) is 9.36 Å². The molecule has 0 saturated heterocycles. The fraction of sp³-hybridized carbons (Fsp3) is 0.400. The van der Waals surface area contributed by atoms with Crippen molar-refractivity contribution in [2.24, 2.45) is 0 Å². The quantitative estimate of drug-likeness (QED) is 0.535. The van der Waals surface area contributed by atoms with Crippen molar-refractivity contribution in [3.8, 4) is 0 Å². The van der Waals surface area contributed by atoms with Crippen LogP contribution in [0.2, 0.25) is 5.02 Å². The number of nitrogens with one attached hydrogen (secondary N) is 2. The van der Waals surface area contributed by atoms with E-state index in [1.165, 1.54) is 16.7 Å². The molecule has 0 fully saturated rings. The van der Waals surface area contributed by atoms with E-state index in [4.69, 9.17) is 16.3 Å². The Morgan fingerprint density at radius 1 is 1.56 bits per heavy atom. The summed E-state index contributed by atoms with van der Waals surface area (Å²) in [5, 5.41) is 8.93. The van der Waals surface area contributed by atoms with Gasteiger partial charge in [-0.25, -0.2) is 14.3 Å². The highest BCUT2D eigenvalue weighted by atomic mass is 35.5. The number of amides is 1. The molecule has 10 heteroatoms. The molecule has 1 unspecified atom stereocenters. The highest BCUT2D eigenvalue weighted by molar-refractivity contribution is 8.00. The molecule has 136 valence electrons. The van der Waals surface area contributed by atoms with Crippen LogP contribution in [0, 0.1) is 5.82 Å². The Kier molecular flexibility index (Phi) is 7.03. The summed E-state index contributed by atoms with van der Waals surface area (Å²) in [5.74, 6) is -0.820. The highest BCUT2D eigenvalue weighted by Crippen LogP contribution is 2.25. The molecule has 0 bridgehead atoms. The average Bonchev–Trinajstić information content (AvgIpc) is 2.90. The standard InChI is InChI=1S/C15H18ClFN4O3S/c1-9(13(22)18-12-5-4-10(17)8-11(12)16)25-15-20-19-14(23)21(15)6-3-7-24-2/h4-5,8-9H,3,6-7H2,1-2H3,(H,18,22)(H,19,23). The van der Waals surface area contributed by atoms with Crippen LogP contribution in [0.15, 0.2) is 28.2 Å². The lowest BCUT2D eigenvalue weighted by Gasteiger charge is -2.13. The number of aromatic amines is 1. The molecule has 1 aromatic carbocycles. The number of anilines is 1. The number of rotatable bonds is 8. The van der Waals surface area contributed by atoms with E-state index in [1.807, 2.05) is 0 Å². The maximum absolute atomic E-state index is 13.1. The van der Waals surface area contributed by atoms with Crippen molar-refractivity contribution in [1.82, 2.24) is 14.8 Å². The van der Waals surface area contributed by atoms with Gasteiger partial charge in [-0.05, 0) is 31.5 Å². The van der Waals surface area contributed by atoms with E-state index < -0.39 is 11.1 Å². The Morgan fingerprint density at radius 3 is 3.00 bits per heavy atom. The van der Waals surface area contributed by atoms with Gasteiger partial charge in [0.25, 0.3) is 0 Å². The molecule has 0 aliphatic heterocycles. The summed E-state index contributed by atoms with van der Waals surface area (Å²) < 4.78 is 19.5. The molecule has 0 aliphatic rings. The highest BCUT2D eigenvalue weighted by Gasteiger charge is 2.20. The first-order chi connectivity index (χ1) is 11.9. The van der Waals surface area contributed by atoms with Gasteiger partial charge in [0, 0.05) is 20.3 Å². The summed E-state index contributed by atoms with van der Waals surface area (Å²) >= 11 is 7.04. The van der Waals surface area contributed by atoms with Gasteiger partial charge < -0.3 is 10.1 Å². The van der Waals surface area contributed by atoms with E-state index in [0.29, 0.717) is 30.4 Å². The number of aromatic nitrogens is 3. The molecule has 0 saturated carbocycles. The first kappa shape index (κ1) is 19.5. The molecule has 1 atom stereocenters. The molecule has 2 N–H and O–H groups in total. The smallest absolute Gasteiger partial charge is 0.343 e. The van der Waals surface area contributed by atoms with Crippen molar-refractivity contribution in [3.63, 3.8) is 0 Å². The molecule has 1 amide bonds. The molecule has 2 aromatic rings. The lowest BCUT2D eigenvalue weighted by Crippen LogP contribution is -2.24. The molecular formula is C15H18ClFN4O3S. The Hall–Kier alpha value is -1.84. The molecule has 1 heterocycles. The zero-order chi connectivity index (χ0) is 18.4. The summed E-state index contributed by atoms with van der Waals surface area (Å²) in [6, 6.07) is 3.72. The number of carbonyl (C=O) groups excluding carboxylic acids is 1. The fourth-order valence-electron chi connectivity index (χ4n) is 1.99. The van der Waals surface area contributed by atoms with Crippen molar-refractivity contribution >= 4 is 35.0 Å². The van der Waals surface area contributed by atoms with Crippen LogP contribution in [0.4, 0.5) is 10.1 Å². The van der Waals surface area contributed by atoms with Crippen molar-refractivity contribution in [3.05, 3.63) is 39.5 Å². The second kappa shape index (κ2) is 9.02. The molecular weight excluding hydrogens is 371 g/mol. The SMILES string of the molecule is COCCCn1c(SC(C)C(=O)Nc2ccc(F)cc2Cl)n[nH]c1=O. The van der Waals surface area contributed by atoms with Crippen molar-refractivity contribution in [2.75, 3.05) is 19.0 Å². The zero-order valence-electron chi connectivity index (χ0n) is 13.7. The summed E-state index contributed by atoms with van der Waals surface area (Å²) in [5.41, 5.74) is -0.0205. The predicted octanol–water partition coefficient (Wildman–Crippen LogP) is 2.52. The predicted molar refractivity (Wildman–Crippen MR) is 94.7 cm³/mol. The Labute approximate surface area is 152 Å². The Bertz CT molecular complexity index is 795. The van der Waals surface area contributed by atoms with Crippen LogP contribution in [-0.4, -0.2) is 39.6 Å². The van der Waals surface area contributed by atoms with Gasteiger partial charge in [0.05, 0.1) is 16.0 Å². The van der Waals surface area contributed by atoms with Crippen LogP contribution in [0.5, 0.6) is 0 Å². The molecule has 25 heavy (non-hydrogen) atoms. The monoisotopic (exact) mass is 388 g/mol. The second-order valence-corrected chi connectivity index (χ2v) is 6.90. The summed E-state index contributed by atoms with van der Waals surface area (Å²) in [6.07, 6.45) is 0.648. The minimum Gasteiger partial charge on any atom is -0.385 e. The number of benzene rings is 1. The summed E-state index contributed by atoms with van der Waals surface area (Å²) in [6.45, 7) is 2.63. The maximum atomic E-state index is 13.1. The van der Waals surface area contributed by atoms with Gasteiger partial charge in [0.2, 0.25) is 5.91 Å². The van der Waals surface area contributed by atoms with Crippen molar-refractivity contribution < 1.29 is 13.9 Å². The molecule has 0 spiro atoms. The molecule has 7 nitrogen and oxygen atoms in total. The number of H-pyrrole nitrogens is 1. The largest absolute Gasteiger partial charge is 0.385 e. The van der Waals surface area contributed by atoms with Crippen LogP contribution in [0.25, 0.3) is 0 Å². The number of halogens is 2. The van der Waals surface area contributed by atoms with E-state index in [2.05, 4.69) is 15.5 Å². The molecule has 1 aromatic heterocycles. The van der Waals surface area contributed by atoms with Crippen LogP contribution >= 0.6 is 23.4 Å². The van der Waals surface area contributed by atoms with Crippen LogP contribution in [-0.2, 0) is 16.1 Å². The summed E-state index contributed by atoms with van der Waals surface area (Å²) in [4.78, 5) is 24.1. The number of carbonyl (C=O) groups is 1. The van der Waals surface area contributed by atoms with Gasteiger partial charge in [-0.1, -0.05) is 23.4 Å². The van der Waals surface area contributed by atoms with E-state index >= 15 is 0 Å². The van der Waals surface area contributed by atoms with Gasteiger partial charge in [0.1, 0.15) is 5.82 Å². The lowest BCUT2D eigenvalue weighted by atomic mass is 10.3. The van der Waals surface area contributed by atoms with Gasteiger partial charge in [-0.2, -0.15) is 0 Å². The van der Waals surface area contributed by atoms with Crippen molar-refractivity contribution in [1.29, 1.82) is 0 Å². The lowest BCUT2D eigenvalue weighted by molar-refractivity contribution is -0.115. The third-order valence-electron chi connectivity index (χ3n) is 3.29. The zero-order valence-corrected chi connectivity index (χ0v) is 15.3. The van der Waals surface area contributed by atoms with Crippen LogP contribution in [0.3, 0.4) is 0 Å². The Morgan fingerprint density at radius 2 is 2.32 bits per heavy atom. The number of ether oxygens (including phenoxy) is 1. The van der Waals surface area contributed by atoms with E-state index in [-0.39, 0.29) is 16.6 Å². The maximum Gasteiger partial charge on any atom is 0.343 e. The minimum atomic E-state index is -0.544.